The van der Waals surface area contributed by atoms with Gasteiger partial charge in [-0.3, -0.25) is 4.79 Å². The lowest BCUT2D eigenvalue weighted by Gasteiger charge is -2.20. The van der Waals surface area contributed by atoms with Crippen molar-refractivity contribution in [1.82, 2.24) is 4.31 Å². The molecular weight excluding hydrogens is 426 g/mol. The molecule has 1 heterocycles. The number of halogens is 3. The molecule has 156 valence electrons. The van der Waals surface area contributed by atoms with Crippen LogP contribution in [0.3, 0.4) is 0 Å². The Morgan fingerprint density at radius 3 is 2.55 bits per heavy atom. The van der Waals surface area contributed by atoms with Crippen LogP contribution < -0.4 is 5.32 Å². The number of nitrogens with zero attached hydrogens (tertiary/aromatic N) is 1. The lowest BCUT2D eigenvalue weighted by Crippen LogP contribution is -2.33. The Morgan fingerprint density at radius 1 is 1.10 bits per heavy atom. The van der Waals surface area contributed by atoms with E-state index >= 15 is 0 Å². The SMILES string of the molecule is O=C(Nc1ccc(F)c(Cl)c1)c1ccc(F)c(S(=O)(=O)N2CCC[C@H](O)CC2)c1. The van der Waals surface area contributed by atoms with Crippen molar-refractivity contribution in [3.8, 4) is 0 Å². The lowest BCUT2D eigenvalue weighted by molar-refractivity contribution is 0.102. The van der Waals surface area contributed by atoms with Gasteiger partial charge in [-0.05, 0) is 55.7 Å². The van der Waals surface area contributed by atoms with Crippen LogP contribution in [0.15, 0.2) is 41.3 Å². The Morgan fingerprint density at radius 2 is 1.83 bits per heavy atom. The van der Waals surface area contributed by atoms with Crippen LogP contribution in [0, 0.1) is 11.6 Å². The maximum absolute atomic E-state index is 14.3. The molecule has 1 saturated heterocycles. The maximum atomic E-state index is 14.3. The summed E-state index contributed by atoms with van der Waals surface area (Å²) in [4.78, 5) is 11.9. The molecule has 1 atom stereocenters. The van der Waals surface area contributed by atoms with Gasteiger partial charge in [-0.1, -0.05) is 11.6 Å². The summed E-state index contributed by atoms with van der Waals surface area (Å²) in [7, 11) is -4.18. The van der Waals surface area contributed by atoms with Crippen LogP contribution in [0.1, 0.15) is 29.6 Å². The number of amides is 1. The van der Waals surface area contributed by atoms with Crippen molar-refractivity contribution in [3.05, 3.63) is 58.6 Å². The molecule has 0 aromatic heterocycles. The van der Waals surface area contributed by atoms with Crippen molar-refractivity contribution in [3.63, 3.8) is 0 Å². The van der Waals surface area contributed by atoms with E-state index in [2.05, 4.69) is 5.32 Å². The van der Waals surface area contributed by atoms with Gasteiger partial charge in [0.25, 0.3) is 5.91 Å². The quantitative estimate of drug-likeness (QED) is 0.756. The Kier molecular flexibility index (Phi) is 6.52. The average Bonchev–Trinajstić information content (AvgIpc) is 2.90. The molecule has 6 nitrogen and oxygen atoms in total. The Labute approximate surface area is 172 Å². The van der Waals surface area contributed by atoms with Crippen LogP contribution in [0.4, 0.5) is 14.5 Å². The highest BCUT2D eigenvalue weighted by atomic mass is 35.5. The highest BCUT2D eigenvalue weighted by molar-refractivity contribution is 7.89. The predicted octanol–water partition coefficient (Wildman–Crippen LogP) is 3.41. The molecule has 0 bridgehead atoms. The Balaban J connectivity index is 1.86. The van der Waals surface area contributed by atoms with Crippen LogP contribution in [-0.4, -0.2) is 42.9 Å². The first kappa shape index (κ1) is 21.6. The summed E-state index contributed by atoms with van der Waals surface area (Å²) in [6, 6.07) is 6.60. The highest BCUT2D eigenvalue weighted by Crippen LogP contribution is 2.25. The van der Waals surface area contributed by atoms with E-state index < -0.39 is 38.6 Å². The van der Waals surface area contributed by atoms with Crippen LogP contribution in [0.5, 0.6) is 0 Å². The number of benzene rings is 2. The third-order valence-corrected chi connectivity index (χ3v) is 6.85. The molecule has 0 radical (unpaired) electrons. The predicted molar refractivity (Wildman–Crippen MR) is 104 cm³/mol. The van der Waals surface area contributed by atoms with E-state index in [1.807, 2.05) is 0 Å². The summed E-state index contributed by atoms with van der Waals surface area (Å²) in [6.45, 7) is 0.219. The molecule has 10 heteroatoms. The summed E-state index contributed by atoms with van der Waals surface area (Å²) >= 11 is 5.68. The van der Waals surface area contributed by atoms with Crippen LogP contribution >= 0.6 is 11.6 Å². The number of rotatable bonds is 4. The van der Waals surface area contributed by atoms with Crippen LogP contribution in [0.25, 0.3) is 0 Å². The number of nitrogens with one attached hydrogen (secondary N) is 1. The van der Waals surface area contributed by atoms with Gasteiger partial charge in [0.1, 0.15) is 16.5 Å². The molecule has 1 fully saturated rings. The number of aliphatic hydroxyl groups is 1. The molecule has 2 aromatic carbocycles. The zero-order chi connectivity index (χ0) is 21.2. The van der Waals surface area contributed by atoms with Crippen molar-refractivity contribution >= 4 is 33.2 Å². The van der Waals surface area contributed by atoms with E-state index in [0.717, 1.165) is 28.6 Å². The van der Waals surface area contributed by atoms with Crippen LogP contribution in [0.2, 0.25) is 5.02 Å². The standard InChI is InChI=1S/C19H19ClF2N2O4S/c20-15-11-13(4-6-16(15)21)23-19(26)12-3-5-17(22)18(10-12)29(27,28)24-8-1-2-14(25)7-9-24/h3-6,10-11,14,25H,1-2,7-9H2,(H,23,26)/t14-/m0/s1. The normalized spacial score (nSPS) is 18.3. The minimum absolute atomic E-state index is 0.0629. The molecule has 0 aliphatic carbocycles. The number of hydrogen-bond acceptors (Lipinski definition) is 4. The number of anilines is 1. The molecule has 1 aliphatic rings. The van der Waals surface area contributed by atoms with Gasteiger partial charge in [0, 0.05) is 24.3 Å². The second kappa shape index (κ2) is 8.74. The van der Waals surface area contributed by atoms with Crippen molar-refractivity contribution < 1.29 is 27.1 Å². The first-order chi connectivity index (χ1) is 13.7. The van der Waals surface area contributed by atoms with E-state index in [1.165, 1.54) is 12.1 Å². The Hall–Kier alpha value is -2.07. The number of carbonyl (C=O) groups is 1. The molecule has 29 heavy (non-hydrogen) atoms. The smallest absolute Gasteiger partial charge is 0.255 e. The average molecular weight is 445 g/mol. The minimum atomic E-state index is -4.18. The molecule has 0 spiro atoms. The first-order valence-corrected chi connectivity index (χ1v) is 10.7. The van der Waals surface area contributed by atoms with Crippen molar-refractivity contribution in [2.24, 2.45) is 0 Å². The molecule has 3 rings (SSSR count). The molecule has 0 unspecified atom stereocenters. The van der Waals surface area contributed by atoms with Gasteiger partial charge in [0.2, 0.25) is 10.0 Å². The molecule has 0 saturated carbocycles. The second-order valence-electron chi connectivity index (χ2n) is 6.72. The zero-order valence-electron chi connectivity index (χ0n) is 15.2. The highest BCUT2D eigenvalue weighted by Gasteiger charge is 2.30. The molecule has 1 amide bonds. The summed E-state index contributed by atoms with van der Waals surface area (Å²) in [6.07, 6.45) is 0.580. The monoisotopic (exact) mass is 444 g/mol. The fraction of sp³-hybridized carbons (Fsp3) is 0.316. The largest absolute Gasteiger partial charge is 0.393 e. The van der Waals surface area contributed by atoms with E-state index in [4.69, 9.17) is 11.6 Å². The molecule has 2 aromatic rings. The van der Waals surface area contributed by atoms with Gasteiger partial charge in [-0.25, -0.2) is 17.2 Å². The van der Waals surface area contributed by atoms with Gasteiger partial charge in [-0.15, -0.1) is 0 Å². The van der Waals surface area contributed by atoms with Crippen LogP contribution in [-0.2, 0) is 10.0 Å². The van der Waals surface area contributed by atoms with E-state index in [-0.39, 0.29) is 35.8 Å². The van der Waals surface area contributed by atoms with E-state index in [1.54, 1.807) is 0 Å². The number of aliphatic hydroxyl groups excluding tert-OH is 1. The van der Waals surface area contributed by atoms with Gasteiger partial charge < -0.3 is 10.4 Å². The number of carbonyl (C=O) groups excluding carboxylic acids is 1. The zero-order valence-corrected chi connectivity index (χ0v) is 16.8. The molecular formula is C19H19ClF2N2O4S. The fourth-order valence-corrected chi connectivity index (χ4v) is 4.82. The van der Waals surface area contributed by atoms with Gasteiger partial charge >= 0.3 is 0 Å². The van der Waals surface area contributed by atoms with Gasteiger partial charge in [-0.2, -0.15) is 4.31 Å². The summed E-state index contributed by atoms with van der Waals surface area (Å²) in [5, 5.41) is 12.0. The van der Waals surface area contributed by atoms with Gasteiger partial charge in [0.05, 0.1) is 11.1 Å². The van der Waals surface area contributed by atoms with E-state index in [9.17, 15) is 27.1 Å². The summed E-state index contributed by atoms with van der Waals surface area (Å²) in [5.74, 6) is -2.33. The minimum Gasteiger partial charge on any atom is -0.393 e. The van der Waals surface area contributed by atoms with Crippen molar-refractivity contribution in [1.29, 1.82) is 0 Å². The topological polar surface area (TPSA) is 86.7 Å². The first-order valence-electron chi connectivity index (χ1n) is 8.92. The van der Waals surface area contributed by atoms with Crippen molar-refractivity contribution in [2.75, 3.05) is 18.4 Å². The molecule has 2 N–H and O–H groups in total. The number of sulfonamides is 1. The lowest BCUT2D eigenvalue weighted by atomic mass is 10.2. The van der Waals surface area contributed by atoms with Gasteiger partial charge in [0.15, 0.2) is 0 Å². The van der Waals surface area contributed by atoms with E-state index in [0.29, 0.717) is 12.8 Å². The molecule has 1 aliphatic heterocycles. The fourth-order valence-electron chi connectivity index (χ4n) is 3.05. The van der Waals surface area contributed by atoms with Crippen molar-refractivity contribution in [2.45, 2.75) is 30.3 Å². The second-order valence-corrected chi connectivity index (χ2v) is 9.03. The third kappa shape index (κ3) is 4.92. The number of hydrogen-bond donors (Lipinski definition) is 2. The summed E-state index contributed by atoms with van der Waals surface area (Å²) < 4.78 is 54.5. The third-order valence-electron chi connectivity index (χ3n) is 4.65. The Bertz CT molecular complexity index is 1030. The summed E-state index contributed by atoms with van der Waals surface area (Å²) in [5.41, 5.74) is 0.122. The maximum Gasteiger partial charge on any atom is 0.255 e.